The summed E-state index contributed by atoms with van der Waals surface area (Å²) < 4.78 is 5.31. The number of hydrogen-bond acceptors (Lipinski definition) is 2. The summed E-state index contributed by atoms with van der Waals surface area (Å²) >= 11 is 6.09. The Kier molecular flexibility index (Phi) is 3.25. The normalized spacial score (nSPS) is 30.9. The van der Waals surface area contributed by atoms with Gasteiger partial charge >= 0.3 is 0 Å². The lowest BCUT2D eigenvalue weighted by Crippen LogP contribution is -2.24. The largest absolute Gasteiger partial charge is 0.495 e. The van der Waals surface area contributed by atoms with E-state index in [1.54, 1.807) is 7.11 Å². The van der Waals surface area contributed by atoms with Gasteiger partial charge in [-0.1, -0.05) is 17.7 Å². The van der Waals surface area contributed by atoms with Crippen molar-refractivity contribution in [1.29, 1.82) is 0 Å². The number of benzene rings is 1. The molecule has 2 fully saturated rings. The maximum absolute atomic E-state index is 6.09. The molecule has 2 aliphatic carbocycles. The molecule has 0 spiro atoms. The van der Waals surface area contributed by atoms with Gasteiger partial charge in [0.25, 0.3) is 0 Å². The summed E-state index contributed by atoms with van der Waals surface area (Å²) in [6.45, 7) is 0. The fraction of sp³-hybridized carbons (Fsp3) is 0.600. The molecule has 1 aromatic carbocycles. The average molecular weight is 266 g/mol. The van der Waals surface area contributed by atoms with Crippen LogP contribution in [0.25, 0.3) is 0 Å². The summed E-state index contributed by atoms with van der Waals surface area (Å²) in [4.78, 5) is 0. The van der Waals surface area contributed by atoms with Crippen LogP contribution in [0.4, 0.5) is 0 Å². The first-order valence-corrected chi connectivity index (χ1v) is 7.11. The van der Waals surface area contributed by atoms with Crippen LogP contribution in [0.1, 0.15) is 30.9 Å². The van der Waals surface area contributed by atoms with Crippen molar-refractivity contribution in [3.63, 3.8) is 0 Å². The van der Waals surface area contributed by atoms with Crippen LogP contribution < -0.4 is 10.1 Å². The van der Waals surface area contributed by atoms with Crippen molar-refractivity contribution in [2.45, 2.75) is 25.3 Å². The predicted molar refractivity (Wildman–Crippen MR) is 74.1 cm³/mol. The standard InChI is InChI=1S/C15H20ClNO/c1-17-15(12-6-10-5-11(10)7-12)9-3-4-13(16)14(8-9)18-2/h3-4,8,10-12,15,17H,5-7H2,1-2H3. The second kappa shape index (κ2) is 4.75. The minimum atomic E-state index is 0.434. The molecule has 18 heavy (non-hydrogen) atoms. The Labute approximate surface area is 114 Å². The number of ether oxygens (including phenoxy) is 1. The highest BCUT2D eigenvalue weighted by Crippen LogP contribution is 2.57. The molecule has 0 bridgehead atoms. The van der Waals surface area contributed by atoms with Crippen LogP contribution in [0.2, 0.25) is 5.02 Å². The van der Waals surface area contributed by atoms with E-state index in [1.807, 2.05) is 6.07 Å². The van der Waals surface area contributed by atoms with Crippen LogP contribution in [0, 0.1) is 17.8 Å². The number of hydrogen-bond donors (Lipinski definition) is 1. The predicted octanol–water partition coefficient (Wildman–Crippen LogP) is 3.66. The zero-order chi connectivity index (χ0) is 12.7. The Morgan fingerprint density at radius 2 is 2.00 bits per heavy atom. The van der Waals surface area contributed by atoms with E-state index in [9.17, 15) is 0 Å². The molecular formula is C15H20ClNO. The Hall–Kier alpha value is -0.730. The summed E-state index contributed by atoms with van der Waals surface area (Å²) in [5.74, 6) is 3.57. The van der Waals surface area contributed by atoms with Crippen molar-refractivity contribution in [1.82, 2.24) is 5.32 Å². The van der Waals surface area contributed by atoms with Crippen molar-refractivity contribution in [3.05, 3.63) is 28.8 Å². The third-order valence-corrected chi connectivity index (χ3v) is 4.91. The molecule has 0 radical (unpaired) electrons. The number of methoxy groups -OCH3 is 1. The Morgan fingerprint density at radius 1 is 1.28 bits per heavy atom. The van der Waals surface area contributed by atoms with Crippen molar-refractivity contribution in [2.75, 3.05) is 14.2 Å². The highest BCUT2D eigenvalue weighted by molar-refractivity contribution is 6.32. The molecule has 2 saturated carbocycles. The molecule has 3 unspecified atom stereocenters. The van der Waals surface area contributed by atoms with Gasteiger partial charge in [0.05, 0.1) is 12.1 Å². The molecule has 2 nitrogen and oxygen atoms in total. The van der Waals surface area contributed by atoms with E-state index in [0.717, 1.165) is 23.5 Å². The lowest BCUT2D eigenvalue weighted by atomic mass is 9.89. The third kappa shape index (κ3) is 2.12. The zero-order valence-corrected chi connectivity index (χ0v) is 11.7. The van der Waals surface area contributed by atoms with Crippen LogP contribution in [0.3, 0.4) is 0 Å². The molecular weight excluding hydrogens is 246 g/mol. The summed E-state index contributed by atoms with van der Waals surface area (Å²) in [5, 5.41) is 4.16. The molecule has 2 aliphatic rings. The van der Waals surface area contributed by atoms with Gasteiger partial charge in [0, 0.05) is 6.04 Å². The van der Waals surface area contributed by atoms with E-state index < -0.39 is 0 Å². The molecule has 0 aromatic heterocycles. The maximum atomic E-state index is 6.09. The minimum absolute atomic E-state index is 0.434. The van der Waals surface area contributed by atoms with E-state index in [4.69, 9.17) is 16.3 Å². The van der Waals surface area contributed by atoms with Crippen LogP contribution in [0.5, 0.6) is 5.75 Å². The average Bonchev–Trinajstić information content (AvgIpc) is 2.99. The number of rotatable bonds is 4. The highest BCUT2D eigenvalue weighted by Gasteiger charge is 2.47. The lowest BCUT2D eigenvalue weighted by molar-refractivity contribution is 0.357. The molecule has 3 atom stereocenters. The topological polar surface area (TPSA) is 21.3 Å². The first-order valence-electron chi connectivity index (χ1n) is 6.73. The molecule has 0 heterocycles. The zero-order valence-electron chi connectivity index (χ0n) is 10.9. The quantitative estimate of drug-likeness (QED) is 0.897. The summed E-state index contributed by atoms with van der Waals surface area (Å²) in [6, 6.07) is 6.57. The van der Waals surface area contributed by atoms with Crippen molar-refractivity contribution in [3.8, 4) is 5.75 Å². The van der Waals surface area contributed by atoms with Crippen molar-refractivity contribution >= 4 is 11.6 Å². The summed E-state index contributed by atoms with van der Waals surface area (Å²) in [5.41, 5.74) is 1.30. The fourth-order valence-electron chi connectivity index (χ4n) is 3.58. The van der Waals surface area contributed by atoms with Gasteiger partial charge in [-0.05, 0) is 61.8 Å². The molecule has 0 aliphatic heterocycles. The van der Waals surface area contributed by atoms with E-state index in [2.05, 4.69) is 24.5 Å². The van der Waals surface area contributed by atoms with Crippen molar-refractivity contribution in [2.24, 2.45) is 17.8 Å². The molecule has 3 rings (SSSR count). The Balaban J connectivity index is 1.82. The SMILES string of the molecule is CNC(c1ccc(Cl)c(OC)c1)C1CC2CC2C1. The van der Waals surface area contributed by atoms with Crippen LogP contribution >= 0.6 is 11.6 Å². The smallest absolute Gasteiger partial charge is 0.137 e. The number of halogens is 1. The lowest BCUT2D eigenvalue weighted by Gasteiger charge is -2.25. The first-order chi connectivity index (χ1) is 8.72. The van der Waals surface area contributed by atoms with E-state index >= 15 is 0 Å². The second-order valence-corrected chi connectivity index (χ2v) is 6.05. The Morgan fingerprint density at radius 3 is 2.61 bits per heavy atom. The van der Waals surface area contributed by atoms with Gasteiger partial charge in [-0.3, -0.25) is 0 Å². The summed E-state index contributed by atoms with van der Waals surface area (Å²) in [7, 11) is 3.72. The third-order valence-electron chi connectivity index (χ3n) is 4.60. The van der Waals surface area contributed by atoms with Crippen LogP contribution in [0.15, 0.2) is 18.2 Å². The van der Waals surface area contributed by atoms with Gasteiger partial charge in [0.1, 0.15) is 5.75 Å². The molecule has 3 heteroatoms. The van der Waals surface area contributed by atoms with Gasteiger partial charge in [-0.15, -0.1) is 0 Å². The van der Waals surface area contributed by atoms with Gasteiger partial charge in [0.15, 0.2) is 0 Å². The number of fused-ring (bicyclic) bond motifs is 1. The monoisotopic (exact) mass is 265 g/mol. The molecule has 0 amide bonds. The van der Waals surface area contributed by atoms with E-state index in [0.29, 0.717) is 11.1 Å². The van der Waals surface area contributed by atoms with Crippen LogP contribution in [-0.4, -0.2) is 14.2 Å². The molecule has 1 aromatic rings. The molecule has 0 saturated heterocycles. The van der Waals surface area contributed by atoms with Gasteiger partial charge < -0.3 is 10.1 Å². The molecule has 98 valence electrons. The van der Waals surface area contributed by atoms with Gasteiger partial charge in [-0.25, -0.2) is 0 Å². The molecule has 1 N–H and O–H groups in total. The second-order valence-electron chi connectivity index (χ2n) is 5.65. The summed E-state index contributed by atoms with van der Waals surface area (Å²) in [6.07, 6.45) is 4.22. The van der Waals surface area contributed by atoms with Gasteiger partial charge in [0.2, 0.25) is 0 Å². The Bertz CT molecular complexity index is 438. The number of nitrogens with one attached hydrogen (secondary N) is 1. The minimum Gasteiger partial charge on any atom is -0.495 e. The maximum Gasteiger partial charge on any atom is 0.137 e. The fourth-order valence-corrected chi connectivity index (χ4v) is 3.77. The van der Waals surface area contributed by atoms with E-state index in [-0.39, 0.29) is 0 Å². The van der Waals surface area contributed by atoms with Crippen molar-refractivity contribution < 1.29 is 4.74 Å². The van der Waals surface area contributed by atoms with Crippen LogP contribution in [-0.2, 0) is 0 Å². The highest BCUT2D eigenvalue weighted by atomic mass is 35.5. The first kappa shape index (κ1) is 12.3. The van der Waals surface area contributed by atoms with Gasteiger partial charge in [-0.2, -0.15) is 0 Å². The van der Waals surface area contributed by atoms with E-state index in [1.165, 1.54) is 24.8 Å².